The predicted octanol–water partition coefficient (Wildman–Crippen LogP) is 3.32. The van der Waals surface area contributed by atoms with Crippen molar-refractivity contribution in [1.29, 1.82) is 0 Å². The number of carbonyl (C=O) groups is 2. The molecule has 0 aliphatic carbocycles. The molecule has 1 aromatic carbocycles. The molecule has 116 valence electrons. The molecule has 0 unspecified atom stereocenters. The van der Waals surface area contributed by atoms with Gasteiger partial charge < -0.3 is 14.0 Å². The van der Waals surface area contributed by atoms with Gasteiger partial charge in [0.1, 0.15) is 0 Å². The molecule has 1 aromatic heterocycles. The fourth-order valence-corrected chi connectivity index (χ4v) is 2.51. The van der Waals surface area contributed by atoms with Crippen molar-refractivity contribution in [1.82, 2.24) is 4.57 Å². The molecule has 0 aliphatic heterocycles. The molecule has 0 saturated heterocycles. The summed E-state index contributed by atoms with van der Waals surface area (Å²) in [5.41, 5.74) is 2.55. The minimum absolute atomic E-state index is 0.159. The molecule has 1 heterocycles. The fraction of sp³-hybridized carbons (Fsp3) is 0.250. The maximum atomic E-state index is 12.0. The highest BCUT2D eigenvalue weighted by Crippen LogP contribution is 2.27. The van der Waals surface area contributed by atoms with Gasteiger partial charge in [-0.2, -0.15) is 0 Å². The monoisotopic (exact) mass is 321 g/mol. The van der Waals surface area contributed by atoms with E-state index in [2.05, 4.69) is 0 Å². The van der Waals surface area contributed by atoms with Gasteiger partial charge in [0.2, 0.25) is 0 Å². The van der Waals surface area contributed by atoms with Crippen LogP contribution < -0.4 is 0 Å². The molecule has 2 aromatic rings. The quantitative estimate of drug-likeness (QED) is 0.814. The van der Waals surface area contributed by atoms with Crippen LogP contribution in [0.1, 0.15) is 32.0 Å². The number of rotatable bonds is 3. The maximum absolute atomic E-state index is 12.0. The molecule has 2 rings (SSSR count). The number of nitrogens with zero attached hydrogens (tertiary/aromatic N) is 1. The maximum Gasteiger partial charge on any atom is 0.340 e. The van der Waals surface area contributed by atoms with E-state index in [1.165, 1.54) is 14.2 Å². The largest absolute Gasteiger partial charge is 0.465 e. The SMILES string of the molecule is COC(=O)c1cn(-c2cccc(Cl)c2C)c(C)c1C(=O)OC. The smallest absolute Gasteiger partial charge is 0.340 e. The summed E-state index contributed by atoms with van der Waals surface area (Å²) in [4.78, 5) is 23.9. The second-order valence-electron chi connectivity index (χ2n) is 4.74. The Morgan fingerprint density at radius 1 is 1.09 bits per heavy atom. The summed E-state index contributed by atoms with van der Waals surface area (Å²) >= 11 is 6.15. The van der Waals surface area contributed by atoms with Gasteiger partial charge in [0, 0.05) is 22.6 Å². The second-order valence-corrected chi connectivity index (χ2v) is 5.15. The van der Waals surface area contributed by atoms with Gasteiger partial charge >= 0.3 is 11.9 Å². The number of halogens is 1. The number of methoxy groups -OCH3 is 2. The Morgan fingerprint density at radius 3 is 2.32 bits per heavy atom. The summed E-state index contributed by atoms with van der Waals surface area (Å²) in [6, 6.07) is 5.44. The van der Waals surface area contributed by atoms with E-state index >= 15 is 0 Å². The number of hydrogen-bond acceptors (Lipinski definition) is 4. The van der Waals surface area contributed by atoms with Crippen molar-refractivity contribution >= 4 is 23.5 Å². The molecule has 0 aliphatic rings. The molecule has 0 bridgehead atoms. The zero-order valence-electron chi connectivity index (χ0n) is 12.8. The summed E-state index contributed by atoms with van der Waals surface area (Å²) in [7, 11) is 2.53. The Balaban J connectivity index is 2.73. The van der Waals surface area contributed by atoms with Crippen LogP contribution in [0.4, 0.5) is 0 Å². The van der Waals surface area contributed by atoms with Crippen LogP contribution in [0.3, 0.4) is 0 Å². The van der Waals surface area contributed by atoms with Crippen molar-refractivity contribution in [3.8, 4) is 5.69 Å². The van der Waals surface area contributed by atoms with Gasteiger partial charge in [-0.05, 0) is 31.5 Å². The minimum Gasteiger partial charge on any atom is -0.465 e. The average molecular weight is 322 g/mol. The van der Waals surface area contributed by atoms with Crippen LogP contribution in [0.15, 0.2) is 24.4 Å². The van der Waals surface area contributed by atoms with E-state index in [0.29, 0.717) is 10.7 Å². The lowest BCUT2D eigenvalue weighted by molar-refractivity contribution is 0.0556. The number of aromatic nitrogens is 1. The summed E-state index contributed by atoms with van der Waals surface area (Å²) < 4.78 is 11.2. The fourth-order valence-electron chi connectivity index (χ4n) is 2.34. The topological polar surface area (TPSA) is 57.5 Å². The summed E-state index contributed by atoms with van der Waals surface area (Å²) in [6.07, 6.45) is 1.56. The number of carbonyl (C=O) groups excluding carboxylic acids is 2. The third kappa shape index (κ3) is 2.60. The number of esters is 2. The van der Waals surface area contributed by atoms with Gasteiger partial charge in [0.25, 0.3) is 0 Å². The van der Waals surface area contributed by atoms with E-state index in [-0.39, 0.29) is 11.1 Å². The highest BCUT2D eigenvalue weighted by molar-refractivity contribution is 6.31. The van der Waals surface area contributed by atoms with Crippen molar-refractivity contribution in [3.63, 3.8) is 0 Å². The van der Waals surface area contributed by atoms with Crippen molar-refractivity contribution in [3.05, 3.63) is 51.8 Å². The molecular formula is C16H16ClNO4. The third-order valence-electron chi connectivity index (χ3n) is 3.54. The van der Waals surface area contributed by atoms with E-state index in [1.54, 1.807) is 29.8 Å². The van der Waals surface area contributed by atoms with Crippen LogP contribution in [-0.4, -0.2) is 30.7 Å². The van der Waals surface area contributed by atoms with Gasteiger partial charge in [-0.1, -0.05) is 17.7 Å². The third-order valence-corrected chi connectivity index (χ3v) is 3.95. The van der Waals surface area contributed by atoms with Crippen molar-refractivity contribution in [2.75, 3.05) is 14.2 Å². The molecule has 0 spiro atoms. The molecule has 0 amide bonds. The van der Waals surface area contributed by atoms with Crippen LogP contribution in [0.2, 0.25) is 5.02 Å². The van der Waals surface area contributed by atoms with Crippen molar-refractivity contribution in [2.24, 2.45) is 0 Å². The zero-order chi connectivity index (χ0) is 16.4. The lowest BCUT2D eigenvalue weighted by atomic mass is 10.1. The van der Waals surface area contributed by atoms with Crippen LogP contribution in [0, 0.1) is 13.8 Å². The Labute approximate surface area is 133 Å². The molecule has 0 atom stereocenters. The van der Waals surface area contributed by atoms with Crippen LogP contribution in [-0.2, 0) is 9.47 Å². The molecule has 0 fully saturated rings. The van der Waals surface area contributed by atoms with Crippen LogP contribution >= 0.6 is 11.6 Å². The Hall–Kier alpha value is -2.27. The van der Waals surface area contributed by atoms with E-state index in [4.69, 9.17) is 21.1 Å². The molecule has 6 heteroatoms. The molecule has 0 radical (unpaired) electrons. The summed E-state index contributed by atoms with van der Waals surface area (Å²) in [5, 5.41) is 0.602. The van der Waals surface area contributed by atoms with Gasteiger partial charge in [0.15, 0.2) is 0 Å². The van der Waals surface area contributed by atoms with Gasteiger partial charge in [-0.15, -0.1) is 0 Å². The summed E-state index contributed by atoms with van der Waals surface area (Å²) in [6.45, 7) is 3.60. The number of benzene rings is 1. The average Bonchev–Trinajstić information content (AvgIpc) is 2.86. The molecule has 0 N–H and O–H groups in total. The Bertz CT molecular complexity index is 749. The Kier molecular flexibility index (Phi) is 4.56. The number of ether oxygens (including phenoxy) is 2. The molecule has 0 saturated carbocycles. The second kappa shape index (κ2) is 6.23. The minimum atomic E-state index is -0.595. The standard InChI is InChI=1S/C16H16ClNO4/c1-9-12(17)6-5-7-13(9)18-8-11(15(19)21-3)14(10(18)2)16(20)22-4/h5-8H,1-4H3. The van der Waals surface area contributed by atoms with E-state index in [1.807, 2.05) is 13.0 Å². The highest BCUT2D eigenvalue weighted by Gasteiger charge is 2.26. The van der Waals surface area contributed by atoms with E-state index in [0.717, 1.165) is 11.3 Å². The first kappa shape index (κ1) is 16.1. The van der Waals surface area contributed by atoms with Crippen molar-refractivity contribution < 1.29 is 19.1 Å². The first-order chi connectivity index (χ1) is 10.4. The van der Waals surface area contributed by atoms with Crippen molar-refractivity contribution in [2.45, 2.75) is 13.8 Å². The van der Waals surface area contributed by atoms with Gasteiger partial charge in [0.05, 0.1) is 25.3 Å². The zero-order valence-corrected chi connectivity index (χ0v) is 13.5. The highest BCUT2D eigenvalue weighted by atomic mass is 35.5. The van der Waals surface area contributed by atoms with E-state index in [9.17, 15) is 9.59 Å². The first-order valence-corrected chi connectivity index (χ1v) is 6.94. The predicted molar refractivity (Wildman–Crippen MR) is 82.9 cm³/mol. The van der Waals surface area contributed by atoms with Crippen LogP contribution in [0.5, 0.6) is 0 Å². The van der Waals surface area contributed by atoms with Gasteiger partial charge in [-0.3, -0.25) is 0 Å². The molecular weight excluding hydrogens is 306 g/mol. The molecule has 22 heavy (non-hydrogen) atoms. The lowest BCUT2D eigenvalue weighted by Gasteiger charge is -2.11. The van der Waals surface area contributed by atoms with Crippen LogP contribution in [0.25, 0.3) is 5.69 Å². The van der Waals surface area contributed by atoms with E-state index < -0.39 is 11.9 Å². The number of hydrogen-bond donors (Lipinski definition) is 0. The Morgan fingerprint density at radius 2 is 1.73 bits per heavy atom. The van der Waals surface area contributed by atoms with Gasteiger partial charge in [-0.25, -0.2) is 9.59 Å². The normalized spacial score (nSPS) is 10.4. The summed E-state index contributed by atoms with van der Waals surface area (Å²) in [5.74, 6) is -1.18. The first-order valence-electron chi connectivity index (χ1n) is 6.56. The molecule has 5 nitrogen and oxygen atoms in total. The lowest BCUT2D eigenvalue weighted by Crippen LogP contribution is -2.10.